The lowest BCUT2D eigenvalue weighted by atomic mass is 9.69. The summed E-state index contributed by atoms with van der Waals surface area (Å²) in [7, 11) is -3.39. The molecule has 0 saturated heterocycles. The SMILES string of the molecule is CCOP(=O)(OCC)[C@]1(C=O)C[C@H]2C=C[C@@H]1CC2. The molecule has 0 amide bonds. The number of carbonyl (C=O) groups excluding carboxylic acids is 1. The average Bonchev–Trinajstić information content (AvgIpc) is 2.40. The molecule has 3 rings (SSSR count). The number of allylic oxidation sites excluding steroid dienone is 2. The third kappa shape index (κ3) is 2.01. The van der Waals surface area contributed by atoms with Crippen LogP contribution in [0.25, 0.3) is 0 Å². The van der Waals surface area contributed by atoms with E-state index in [1.807, 2.05) is 6.08 Å². The molecule has 0 heterocycles. The van der Waals surface area contributed by atoms with Crippen LogP contribution >= 0.6 is 7.60 Å². The lowest BCUT2D eigenvalue weighted by molar-refractivity contribution is -0.112. The highest BCUT2D eigenvalue weighted by molar-refractivity contribution is 7.56. The number of rotatable bonds is 6. The minimum atomic E-state index is -3.39. The van der Waals surface area contributed by atoms with Crippen molar-refractivity contribution in [1.82, 2.24) is 0 Å². The van der Waals surface area contributed by atoms with Crippen LogP contribution in [0.15, 0.2) is 12.2 Å². The van der Waals surface area contributed by atoms with Gasteiger partial charge in [-0.1, -0.05) is 12.2 Å². The van der Waals surface area contributed by atoms with Gasteiger partial charge >= 0.3 is 7.60 Å². The van der Waals surface area contributed by atoms with Crippen LogP contribution < -0.4 is 0 Å². The van der Waals surface area contributed by atoms with E-state index >= 15 is 0 Å². The van der Waals surface area contributed by atoms with E-state index in [0.717, 1.165) is 19.1 Å². The van der Waals surface area contributed by atoms with Gasteiger partial charge < -0.3 is 13.8 Å². The molecule has 0 aromatic carbocycles. The van der Waals surface area contributed by atoms with Gasteiger partial charge in [-0.25, -0.2) is 0 Å². The Labute approximate surface area is 108 Å². The highest BCUT2D eigenvalue weighted by Gasteiger charge is 2.59. The standard InChI is InChI=1S/C13H21O4P/c1-3-16-18(15,17-4-2)13(10-14)9-11-5-7-12(13)8-6-11/h5,7,10-12H,3-4,6,8-9H2,1-2H3/t11-,12+,13-/m0/s1. The third-order valence-corrected chi connectivity index (χ3v) is 6.84. The smallest absolute Gasteiger partial charge is 0.308 e. The van der Waals surface area contributed by atoms with Crippen LogP contribution in [0.4, 0.5) is 0 Å². The Morgan fingerprint density at radius 3 is 2.28 bits per heavy atom. The fourth-order valence-corrected chi connectivity index (χ4v) is 5.61. The Kier molecular flexibility index (Phi) is 4.10. The predicted molar refractivity (Wildman–Crippen MR) is 69.6 cm³/mol. The van der Waals surface area contributed by atoms with Crippen molar-refractivity contribution in [2.45, 2.75) is 38.3 Å². The first-order valence-electron chi connectivity index (χ1n) is 6.65. The average molecular weight is 272 g/mol. The van der Waals surface area contributed by atoms with Crippen molar-refractivity contribution in [2.75, 3.05) is 13.2 Å². The molecular weight excluding hydrogens is 251 g/mol. The summed E-state index contributed by atoms with van der Waals surface area (Å²) in [6.07, 6.45) is 7.54. The van der Waals surface area contributed by atoms with Crippen LogP contribution in [0.2, 0.25) is 0 Å². The fourth-order valence-electron chi connectivity index (χ4n) is 3.17. The Hall–Kier alpha value is -0.440. The van der Waals surface area contributed by atoms with Crippen molar-refractivity contribution >= 4 is 13.9 Å². The zero-order valence-corrected chi connectivity index (χ0v) is 11.9. The molecule has 0 aromatic rings. The van der Waals surface area contributed by atoms with E-state index in [1.54, 1.807) is 13.8 Å². The van der Waals surface area contributed by atoms with Crippen molar-refractivity contribution in [2.24, 2.45) is 11.8 Å². The van der Waals surface area contributed by atoms with Gasteiger partial charge in [0.2, 0.25) is 0 Å². The molecule has 3 atom stereocenters. The zero-order valence-electron chi connectivity index (χ0n) is 11.0. The summed E-state index contributed by atoms with van der Waals surface area (Å²) in [6.45, 7) is 4.16. The van der Waals surface area contributed by atoms with Gasteiger partial charge in [0.1, 0.15) is 11.4 Å². The Morgan fingerprint density at radius 1 is 1.28 bits per heavy atom. The number of aldehydes is 1. The first-order chi connectivity index (χ1) is 8.62. The van der Waals surface area contributed by atoms with E-state index < -0.39 is 12.8 Å². The van der Waals surface area contributed by atoms with Crippen LogP contribution in [0.3, 0.4) is 0 Å². The molecular formula is C13H21O4P. The number of carbonyl (C=O) groups is 1. The molecule has 0 aliphatic heterocycles. The van der Waals surface area contributed by atoms with E-state index in [4.69, 9.17) is 9.05 Å². The van der Waals surface area contributed by atoms with Gasteiger partial charge in [-0.05, 0) is 39.0 Å². The van der Waals surface area contributed by atoms with Crippen LogP contribution in [0.5, 0.6) is 0 Å². The highest BCUT2D eigenvalue weighted by atomic mass is 31.2. The van der Waals surface area contributed by atoms with Gasteiger partial charge in [0, 0.05) is 5.92 Å². The minimum absolute atomic E-state index is 0.0102. The Morgan fingerprint density at radius 2 is 1.94 bits per heavy atom. The summed E-state index contributed by atoms with van der Waals surface area (Å²) < 4.78 is 23.9. The van der Waals surface area contributed by atoms with Crippen LogP contribution in [0.1, 0.15) is 33.1 Å². The number of hydrogen-bond donors (Lipinski definition) is 0. The molecule has 0 aromatic heterocycles. The van der Waals surface area contributed by atoms with Crippen molar-refractivity contribution < 1.29 is 18.4 Å². The maximum atomic E-state index is 13.0. The van der Waals surface area contributed by atoms with E-state index in [0.29, 0.717) is 25.6 Å². The zero-order chi connectivity index (χ0) is 13.2. The Bertz CT molecular complexity index is 382. The van der Waals surface area contributed by atoms with Gasteiger partial charge in [0.15, 0.2) is 0 Å². The predicted octanol–water partition coefficient (Wildman–Crippen LogP) is 3.18. The Balaban J connectivity index is 2.39. The summed E-state index contributed by atoms with van der Waals surface area (Å²) in [5.74, 6) is 0.318. The molecule has 0 N–H and O–H groups in total. The normalized spacial score (nSPS) is 34.8. The maximum Gasteiger partial charge on any atom is 0.344 e. The van der Waals surface area contributed by atoms with Gasteiger partial charge in [-0.3, -0.25) is 4.57 Å². The lowest BCUT2D eigenvalue weighted by Gasteiger charge is -2.47. The summed E-state index contributed by atoms with van der Waals surface area (Å²) in [4.78, 5) is 11.7. The third-order valence-electron chi connectivity index (χ3n) is 4.01. The molecule has 18 heavy (non-hydrogen) atoms. The van der Waals surface area contributed by atoms with E-state index in [9.17, 15) is 9.36 Å². The topological polar surface area (TPSA) is 52.6 Å². The monoisotopic (exact) mass is 272 g/mol. The van der Waals surface area contributed by atoms with Gasteiger partial charge in [0.05, 0.1) is 13.2 Å². The molecule has 2 bridgehead atoms. The largest absolute Gasteiger partial charge is 0.344 e. The number of hydrogen-bond acceptors (Lipinski definition) is 4. The molecule has 4 nitrogen and oxygen atoms in total. The van der Waals surface area contributed by atoms with Crippen molar-refractivity contribution in [3.8, 4) is 0 Å². The fraction of sp³-hybridized carbons (Fsp3) is 0.769. The van der Waals surface area contributed by atoms with Gasteiger partial charge in [-0.15, -0.1) is 0 Å². The number of fused-ring (bicyclic) bond motifs is 2. The highest BCUT2D eigenvalue weighted by Crippen LogP contribution is 2.68. The van der Waals surface area contributed by atoms with E-state index in [1.165, 1.54) is 0 Å². The lowest BCUT2D eigenvalue weighted by Crippen LogP contribution is -2.47. The maximum absolute atomic E-state index is 13.0. The molecule has 3 aliphatic carbocycles. The minimum Gasteiger partial charge on any atom is -0.308 e. The van der Waals surface area contributed by atoms with Gasteiger partial charge in [0.25, 0.3) is 0 Å². The first kappa shape index (κ1) is 14.0. The van der Waals surface area contributed by atoms with Gasteiger partial charge in [-0.2, -0.15) is 0 Å². The van der Waals surface area contributed by atoms with E-state index in [-0.39, 0.29) is 5.92 Å². The molecule has 0 radical (unpaired) electrons. The summed E-state index contributed by atoms with van der Waals surface area (Å²) in [6, 6.07) is 0. The van der Waals surface area contributed by atoms with E-state index in [2.05, 4.69) is 6.08 Å². The van der Waals surface area contributed by atoms with Crippen LogP contribution in [-0.2, 0) is 18.4 Å². The summed E-state index contributed by atoms with van der Waals surface area (Å²) in [5, 5.41) is -0.962. The molecule has 1 saturated carbocycles. The molecule has 102 valence electrons. The molecule has 3 aliphatic rings. The molecule has 1 fully saturated rings. The second kappa shape index (κ2) is 5.28. The van der Waals surface area contributed by atoms with Crippen molar-refractivity contribution in [3.05, 3.63) is 12.2 Å². The van der Waals surface area contributed by atoms with Crippen molar-refractivity contribution in [3.63, 3.8) is 0 Å². The summed E-state index contributed by atoms with van der Waals surface area (Å²) in [5.41, 5.74) is 0. The second-order valence-corrected chi connectivity index (χ2v) is 7.32. The quantitative estimate of drug-likeness (QED) is 0.423. The van der Waals surface area contributed by atoms with Crippen LogP contribution in [0, 0.1) is 11.8 Å². The van der Waals surface area contributed by atoms with Crippen LogP contribution in [-0.4, -0.2) is 24.7 Å². The van der Waals surface area contributed by atoms with Crippen molar-refractivity contribution in [1.29, 1.82) is 0 Å². The molecule has 0 unspecified atom stereocenters. The molecule has 0 spiro atoms. The summed E-state index contributed by atoms with van der Waals surface area (Å²) >= 11 is 0. The second-order valence-electron chi connectivity index (χ2n) is 4.98. The first-order valence-corrected chi connectivity index (χ1v) is 8.20. The molecule has 5 heteroatoms.